The van der Waals surface area contributed by atoms with Crippen molar-refractivity contribution in [3.05, 3.63) is 53.3 Å². The van der Waals surface area contributed by atoms with Crippen LogP contribution in [0.25, 0.3) is 0 Å². The number of carbonyl (C=O) groups is 1. The van der Waals surface area contributed by atoms with Gasteiger partial charge in [0.2, 0.25) is 0 Å². The summed E-state index contributed by atoms with van der Waals surface area (Å²) in [4.78, 5) is 12.1. The van der Waals surface area contributed by atoms with Gasteiger partial charge in [0, 0.05) is 24.5 Å². The number of amides is 1. The maximum atomic E-state index is 12.1. The van der Waals surface area contributed by atoms with Gasteiger partial charge in [-0.05, 0) is 42.8 Å². The monoisotopic (exact) mass is 268 g/mol. The van der Waals surface area contributed by atoms with Crippen molar-refractivity contribution in [1.29, 1.82) is 0 Å². The van der Waals surface area contributed by atoms with Crippen LogP contribution in [0.2, 0.25) is 0 Å². The number of aryl methyl sites for hydroxylation is 2. The number of carbonyl (C=O) groups excluding carboxylic acids is 1. The number of nitrogens with one attached hydrogen (secondary N) is 1. The van der Waals surface area contributed by atoms with Gasteiger partial charge < -0.3 is 15.0 Å². The minimum absolute atomic E-state index is 0.144. The molecule has 2 N–H and O–H groups in total. The van der Waals surface area contributed by atoms with Crippen molar-refractivity contribution < 1.29 is 9.90 Å². The Morgan fingerprint density at radius 3 is 2.80 bits per heavy atom. The fourth-order valence-corrected chi connectivity index (χ4v) is 1.91. The second kappa shape index (κ2) is 6.09. The van der Waals surface area contributed by atoms with E-state index < -0.39 is 0 Å². The van der Waals surface area contributed by atoms with Gasteiger partial charge in [0.05, 0.1) is 0 Å². The highest BCUT2D eigenvalue weighted by Gasteiger charge is 2.10. The Kier molecular flexibility index (Phi) is 4.24. The summed E-state index contributed by atoms with van der Waals surface area (Å²) < 4.78 is 1.77. The molecular weight excluding hydrogens is 252 g/mol. The van der Waals surface area contributed by atoms with Crippen LogP contribution in [0.15, 0.2) is 36.5 Å². The van der Waals surface area contributed by atoms with E-state index in [1.165, 1.54) is 0 Å². The van der Waals surface area contributed by atoms with E-state index >= 15 is 0 Å². The van der Waals surface area contributed by atoms with Crippen LogP contribution in [0.1, 0.15) is 21.6 Å². The summed E-state index contributed by atoms with van der Waals surface area (Å²) in [5.74, 6) is 5.29. The van der Waals surface area contributed by atoms with Gasteiger partial charge in [0.1, 0.15) is 12.3 Å². The van der Waals surface area contributed by atoms with Gasteiger partial charge in [-0.3, -0.25) is 4.79 Å². The Hall–Kier alpha value is -2.51. The molecule has 4 heteroatoms. The standard InChI is InChI=1S/C16H16N2O2/c1-12-11-13(5-4-10-19)7-8-14(12)17-16(20)15-6-3-9-18(15)2/h3,6-9,11,19H,10H2,1-2H3,(H,17,20). The summed E-state index contributed by atoms with van der Waals surface area (Å²) in [6.07, 6.45) is 1.83. The average molecular weight is 268 g/mol. The molecule has 2 rings (SSSR count). The molecule has 4 nitrogen and oxygen atoms in total. The lowest BCUT2D eigenvalue weighted by molar-refractivity contribution is 0.101. The number of rotatable bonds is 2. The molecular formula is C16H16N2O2. The van der Waals surface area contributed by atoms with E-state index in [1.54, 1.807) is 10.6 Å². The Morgan fingerprint density at radius 1 is 1.40 bits per heavy atom. The van der Waals surface area contributed by atoms with E-state index in [-0.39, 0.29) is 12.5 Å². The Bertz CT molecular complexity index is 690. The predicted molar refractivity (Wildman–Crippen MR) is 78.5 cm³/mol. The Balaban J connectivity index is 2.18. The zero-order chi connectivity index (χ0) is 14.5. The highest BCUT2D eigenvalue weighted by Crippen LogP contribution is 2.17. The summed E-state index contributed by atoms with van der Waals surface area (Å²) in [7, 11) is 1.83. The first-order chi connectivity index (χ1) is 9.61. The first kappa shape index (κ1) is 13.9. The molecule has 0 bridgehead atoms. The number of aliphatic hydroxyl groups excluding tert-OH is 1. The molecule has 0 atom stereocenters. The van der Waals surface area contributed by atoms with E-state index in [0.29, 0.717) is 5.69 Å². The smallest absolute Gasteiger partial charge is 0.272 e. The topological polar surface area (TPSA) is 54.3 Å². The number of hydrogen-bond acceptors (Lipinski definition) is 2. The molecule has 1 aromatic carbocycles. The van der Waals surface area contributed by atoms with Gasteiger partial charge in [-0.2, -0.15) is 0 Å². The van der Waals surface area contributed by atoms with Crippen LogP contribution in [0.3, 0.4) is 0 Å². The molecule has 1 aromatic heterocycles. The maximum Gasteiger partial charge on any atom is 0.272 e. The third-order valence-corrected chi connectivity index (χ3v) is 2.96. The number of nitrogens with zero attached hydrogens (tertiary/aromatic N) is 1. The molecule has 2 aromatic rings. The van der Waals surface area contributed by atoms with Crippen LogP contribution in [-0.2, 0) is 7.05 Å². The van der Waals surface area contributed by atoms with Crippen molar-refractivity contribution in [2.75, 3.05) is 11.9 Å². The number of benzene rings is 1. The second-order valence-electron chi connectivity index (χ2n) is 4.45. The maximum absolute atomic E-state index is 12.1. The van der Waals surface area contributed by atoms with Crippen molar-refractivity contribution in [3.63, 3.8) is 0 Å². The molecule has 0 saturated heterocycles. The number of aliphatic hydroxyl groups is 1. The lowest BCUT2D eigenvalue weighted by Gasteiger charge is -2.09. The minimum Gasteiger partial charge on any atom is -0.384 e. The zero-order valence-electron chi connectivity index (χ0n) is 11.5. The number of hydrogen-bond donors (Lipinski definition) is 2. The van der Waals surface area contributed by atoms with Crippen molar-refractivity contribution in [3.8, 4) is 11.8 Å². The van der Waals surface area contributed by atoms with Gasteiger partial charge in [0.15, 0.2) is 0 Å². The molecule has 20 heavy (non-hydrogen) atoms. The zero-order valence-corrected chi connectivity index (χ0v) is 11.5. The summed E-state index contributed by atoms with van der Waals surface area (Å²) >= 11 is 0. The van der Waals surface area contributed by atoms with Gasteiger partial charge in [-0.25, -0.2) is 0 Å². The van der Waals surface area contributed by atoms with Crippen molar-refractivity contribution in [2.24, 2.45) is 7.05 Å². The predicted octanol–water partition coefficient (Wildman–Crippen LogP) is 1.93. The Morgan fingerprint density at radius 2 is 2.20 bits per heavy atom. The van der Waals surface area contributed by atoms with E-state index in [2.05, 4.69) is 17.2 Å². The molecule has 0 aliphatic carbocycles. The van der Waals surface area contributed by atoms with Crippen molar-refractivity contribution >= 4 is 11.6 Å². The van der Waals surface area contributed by atoms with E-state index in [9.17, 15) is 4.79 Å². The SMILES string of the molecule is Cc1cc(C#CCO)ccc1NC(=O)c1cccn1C. The molecule has 0 aliphatic rings. The molecule has 0 unspecified atom stereocenters. The van der Waals surface area contributed by atoms with E-state index in [1.807, 2.05) is 44.4 Å². The minimum atomic E-state index is -0.162. The summed E-state index contributed by atoms with van der Waals surface area (Å²) in [6.45, 7) is 1.75. The van der Waals surface area contributed by atoms with Gasteiger partial charge in [-0.15, -0.1) is 0 Å². The average Bonchev–Trinajstić information content (AvgIpc) is 2.85. The fraction of sp³-hybridized carbons (Fsp3) is 0.188. The number of anilines is 1. The highest BCUT2D eigenvalue weighted by molar-refractivity contribution is 6.03. The molecule has 0 radical (unpaired) electrons. The van der Waals surface area contributed by atoms with Gasteiger partial charge in [-0.1, -0.05) is 11.8 Å². The molecule has 1 amide bonds. The normalized spacial score (nSPS) is 9.75. The van der Waals surface area contributed by atoms with Crippen LogP contribution in [-0.4, -0.2) is 22.2 Å². The molecule has 1 heterocycles. The lowest BCUT2D eigenvalue weighted by Crippen LogP contribution is -2.16. The largest absolute Gasteiger partial charge is 0.384 e. The Labute approximate surface area is 118 Å². The molecule has 102 valence electrons. The third kappa shape index (κ3) is 3.08. The lowest BCUT2D eigenvalue weighted by atomic mass is 10.1. The molecule has 0 saturated carbocycles. The third-order valence-electron chi connectivity index (χ3n) is 2.96. The summed E-state index contributed by atoms with van der Waals surface area (Å²) in [5.41, 5.74) is 3.10. The summed E-state index contributed by atoms with van der Waals surface area (Å²) in [6, 6.07) is 9.11. The molecule has 0 aliphatic heterocycles. The van der Waals surface area contributed by atoms with Crippen LogP contribution >= 0.6 is 0 Å². The first-order valence-electron chi connectivity index (χ1n) is 6.25. The van der Waals surface area contributed by atoms with Crippen LogP contribution in [0.5, 0.6) is 0 Å². The van der Waals surface area contributed by atoms with E-state index in [4.69, 9.17) is 5.11 Å². The fourth-order valence-electron chi connectivity index (χ4n) is 1.91. The van der Waals surface area contributed by atoms with Gasteiger partial charge in [0.25, 0.3) is 5.91 Å². The van der Waals surface area contributed by atoms with Gasteiger partial charge >= 0.3 is 0 Å². The van der Waals surface area contributed by atoms with Crippen molar-refractivity contribution in [2.45, 2.75) is 6.92 Å². The second-order valence-corrected chi connectivity index (χ2v) is 4.45. The van der Waals surface area contributed by atoms with Crippen LogP contribution in [0, 0.1) is 18.8 Å². The summed E-state index contributed by atoms with van der Waals surface area (Å²) in [5, 5.41) is 11.5. The van der Waals surface area contributed by atoms with Crippen molar-refractivity contribution in [1.82, 2.24) is 4.57 Å². The molecule has 0 fully saturated rings. The highest BCUT2D eigenvalue weighted by atomic mass is 16.2. The first-order valence-corrected chi connectivity index (χ1v) is 6.25. The molecule has 0 spiro atoms. The van der Waals surface area contributed by atoms with Crippen LogP contribution in [0.4, 0.5) is 5.69 Å². The quantitative estimate of drug-likeness (QED) is 0.818. The van der Waals surface area contributed by atoms with Crippen LogP contribution < -0.4 is 5.32 Å². The number of aromatic nitrogens is 1. The van der Waals surface area contributed by atoms with E-state index in [0.717, 1.165) is 16.8 Å².